The number of hydrogen-bond acceptors (Lipinski definition) is 11. The summed E-state index contributed by atoms with van der Waals surface area (Å²) in [4.78, 5) is 52.6. The number of fused-ring (bicyclic) bond motifs is 2. The van der Waals surface area contributed by atoms with Gasteiger partial charge in [0.05, 0.1) is 25.6 Å². The lowest BCUT2D eigenvalue weighted by molar-refractivity contribution is -0.325. The number of furan rings is 1. The molecule has 45 heavy (non-hydrogen) atoms. The van der Waals surface area contributed by atoms with Crippen molar-refractivity contribution in [1.82, 2.24) is 0 Å². The Morgan fingerprint density at radius 3 is 2.42 bits per heavy atom. The van der Waals surface area contributed by atoms with Crippen LogP contribution in [0.2, 0.25) is 0 Å². The van der Waals surface area contributed by atoms with Gasteiger partial charge in [-0.3, -0.25) is 9.59 Å². The van der Waals surface area contributed by atoms with Crippen LogP contribution in [-0.4, -0.2) is 59.7 Å². The van der Waals surface area contributed by atoms with Crippen molar-refractivity contribution >= 4 is 23.9 Å². The summed E-state index contributed by atoms with van der Waals surface area (Å²) in [6.45, 7) is 12.3. The molecule has 4 fully saturated rings. The lowest BCUT2D eigenvalue weighted by Gasteiger charge is -2.66. The van der Waals surface area contributed by atoms with Gasteiger partial charge in [-0.15, -0.1) is 0 Å². The predicted octanol–water partition coefficient (Wildman–Crippen LogP) is 4.34. The van der Waals surface area contributed by atoms with Gasteiger partial charge in [0.15, 0.2) is 5.79 Å². The first-order valence-corrected chi connectivity index (χ1v) is 15.5. The fraction of sp³-hybridized carbons (Fsp3) is 0.647. The smallest absolute Gasteiger partial charge is 0.333 e. The van der Waals surface area contributed by atoms with Crippen LogP contribution in [0.5, 0.6) is 0 Å². The van der Waals surface area contributed by atoms with Gasteiger partial charge in [0.1, 0.15) is 23.9 Å². The zero-order valence-electron chi connectivity index (χ0n) is 27.0. The van der Waals surface area contributed by atoms with E-state index >= 15 is 0 Å². The number of allylic oxidation sites excluding steroid dienone is 1. The zero-order chi connectivity index (χ0) is 32.9. The molecule has 2 bridgehead atoms. The van der Waals surface area contributed by atoms with Crippen LogP contribution in [0.1, 0.15) is 79.4 Å². The third-order valence-corrected chi connectivity index (χ3v) is 12.0. The SMILES string of the molecule is C/C=C(/C)C(=O)O[C@H]1[C@H]2[C@@H](OC(C)=O)C(C)(C)[C@@H](CC(=O)OC)[C@@]3(C)[C@@H]4CC[C@@]5(C)C(=CC(=O)O[C@@H]5c5ccoc5)[C@]41O[C@@]23O. The molecule has 1 N–H and O–H groups in total. The quantitative estimate of drug-likeness (QED) is 0.273. The van der Waals surface area contributed by atoms with Gasteiger partial charge in [-0.1, -0.05) is 33.8 Å². The molecule has 244 valence electrons. The number of carbonyl (C=O) groups excluding carboxylic acids is 4. The molecule has 2 aliphatic carbocycles. The lowest BCUT2D eigenvalue weighted by atomic mass is 9.37. The molecule has 3 aliphatic heterocycles. The second kappa shape index (κ2) is 10.0. The minimum Gasteiger partial charge on any atom is -0.472 e. The average molecular weight is 627 g/mol. The summed E-state index contributed by atoms with van der Waals surface area (Å²) in [5.41, 5.74) is -2.87. The van der Waals surface area contributed by atoms with Crippen molar-refractivity contribution in [2.45, 2.75) is 97.4 Å². The maximum atomic E-state index is 13.6. The standard InChI is InChI=1S/C34H42O11/c1-9-17(2)29(38)44-28-25-27(42-18(3)35)30(4,5)21(14-23(36)40-8)32(7)20-10-12-31(6)22(33(20,28)45-34(25,32)39)15-24(37)43-26(31)19-11-13-41-16-19/h9,11,13,15-16,20-21,25-28,39H,10,12,14H2,1-8H3/b17-9-/t20-,21+,25+,26+,27+,28-,31-,32+,33+,34-/m0/s1. The van der Waals surface area contributed by atoms with Crippen molar-refractivity contribution in [3.8, 4) is 0 Å². The summed E-state index contributed by atoms with van der Waals surface area (Å²) in [6, 6.07) is 1.74. The van der Waals surface area contributed by atoms with Crippen molar-refractivity contribution in [1.29, 1.82) is 0 Å². The van der Waals surface area contributed by atoms with E-state index in [1.165, 1.54) is 32.6 Å². The molecule has 0 aromatic carbocycles. The molecule has 10 atom stereocenters. The van der Waals surface area contributed by atoms with Crippen LogP contribution in [0, 0.1) is 34.0 Å². The summed E-state index contributed by atoms with van der Waals surface area (Å²) in [6.07, 6.45) is 4.05. The Labute approximate surface area is 262 Å². The highest BCUT2D eigenvalue weighted by Gasteiger charge is 2.90. The largest absolute Gasteiger partial charge is 0.472 e. The molecule has 5 aliphatic rings. The third kappa shape index (κ3) is 3.89. The van der Waals surface area contributed by atoms with Gasteiger partial charge in [-0.25, -0.2) is 9.59 Å². The van der Waals surface area contributed by atoms with Crippen molar-refractivity contribution < 1.29 is 52.4 Å². The first kappa shape index (κ1) is 31.5. The summed E-state index contributed by atoms with van der Waals surface area (Å²) in [5.74, 6) is -6.52. The Morgan fingerprint density at radius 2 is 1.82 bits per heavy atom. The van der Waals surface area contributed by atoms with Crippen molar-refractivity contribution in [3.05, 3.63) is 47.5 Å². The van der Waals surface area contributed by atoms with Crippen LogP contribution in [-0.2, 0) is 42.9 Å². The molecule has 2 saturated carbocycles. The van der Waals surface area contributed by atoms with Crippen LogP contribution in [0.4, 0.5) is 0 Å². The third-order valence-electron chi connectivity index (χ3n) is 12.0. The summed E-state index contributed by atoms with van der Waals surface area (Å²) >= 11 is 0. The highest BCUT2D eigenvalue weighted by molar-refractivity contribution is 5.88. The Balaban J connectivity index is 1.63. The molecular formula is C34H42O11. The highest BCUT2D eigenvalue weighted by atomic mass is 16.7. The van der Waals surface area contributed by atoms with Crippen LogP contribution in [0.15, 0.2) is 46.3 Å². The molecule has 6 rings (SSSR count). The van der Waals surface area contributed by atoms with E-state index in [4.69, 9.17) is 28.1 Å². The van der Waals surface area contributed by atoms with Gasteiger partial charge >= 0.3 is 23.9 Å². The molecule has 0 amide bonds. The number of hydrogen-bond donors (Lipinski definition) is 1. The molecule has 2 saturated heterocycles. The van der Waals surface area contributed by atoms with Crippen LogP contribution in [0.25, 0.3) is 0 Å². The molecule has 11 nitrogen and oxygen atoms in total. The number of aliphatic hydroxyl groups is 1. The van der Waals surface area contributed by atoms with Gasteiger partial charge in [-0.05, 0) is 44.2 Å². The fourth-order valence-electron chi connectivity index (χ4n) is 9.94. The minimum absolute atomic E-state index is 0.0825. The molecule has 11 heteroatoms. The van der Waals surface area contributed by atoms with Crippen LogP contribution >= 0.6 is 0 Å². The molecular weight excluding hydrogens is 584 g/mol. The molecule has 1 aromatic heterocycles. The van der Waals surface area contributed by atoms with E-state index < -0.39 is 87.6 Å². The Kier molecular flexibility index (Phi) is 7.03. The summed E-state index contributed by atoms with van der Waals surface area (Å²) < 4.78 is 35.8. The van der Waals surface area contributed by atoms with E-state index in [9.17, 15) is 24.3 Å². The van der Waals surface area contributed by atoms with E-state index in [2.05, 4.69) is 0 Å². The van der Waals surface area contributed by atoms with Crippen LogP contribution in [0.3, 0.4) is 0 Å². The second-order valence-corrected chi connectivity index (χ2v) is 14.3. The van der Waals surface area contributed by atoms with Gasteiger partial charge in [0, 0.05) is 52.7 Å². The average Bonchev–Trinajstić information content (AvgIpc) is 3.64. The molecule has 0 radical (unpaired) electrons. The lowest BCUT2D eigenvalue weighted by Crippen LogP contribution is -2.76. The maximum Gasteiger partial charge on any atom is 0.333 e. The Bertz CT molecular complexity index is 1510. The normalized spacial score (nSPS) is 42.6. The number of carbonyl (C=O) groups is 4. The molecule has 1 aromatic rings. The number of cyclic esters (lactones) is 1. The summed E-state index contributed by atoms with van der Waals surface area (Å²) in [5, 5.41) is 13.0. The monoisotopic (exact) mass is 626 g/mol. The fourth-order valence-corrected chi connectivity index (χ4v) is 9.94. The Hall–Kier alpha value is -3.44. The van der Waals surface area contributed by atoms with Crippen molar-refractivity contribution in [2.75, 3.05) is 7.11 Å². The van der Waals surface area contributed by atoms with E-state index in [0.29, 0.717) is 29.6 Å². The maximum absolute atomic E-state index is 13.6. The van der Waals surface area contributed by atoms with E-state index in [0.717, 1.165) is 0 Å². The van der Waals surface area contributed by atoms with Gasteiger partial charge in [0.25, 0.3) is 0 Å². The van der Waals surface area contributed by atoms with Crippen molar-refractivity contribution in [2.24, 2.45) is 34.0 Å². The Morgan fingerprint density at radius 1 is 1.11 bits per heavy atom. The zero-order valence-corrected chi connectivity index (χ0v) is 27.0. The van der Waals surface area contributed by atoms with Gasteiger partial charge in [0.2, 0.25) is 0 Å². The van der Waals surface area contributed by atoms with E-state index in [1.54, 1.807) is 26.0 Å². The number of methoxy groups -OCH3 is 1. The van der Waals surface area contributed by atoms with Crippen LogP contribution < -0.4 is 0 Å². The highest BCUT2D eigenvalue weighted by Crippen LogP contribution is 2.81. The molecule has 4 heterocycles. The molecule has 1 spiro atoms. The predicted molar refractivity (Wildman–Crippen MR) is 156 cm³/mol. The number of esters is 4. The first-order chi connectivity index (χ1) is 21.0. The first-order valence-electron chi connectivity index (χ1n) is 15.5. The van der Waals surface area contributed by atoms with Gasteiger partial charge in [-0.2, -0.15) is 0 Å². The number of ether oxygens (including phenoxy) is 5. The minimum atomic E-state index is -2.03. The van der Waals surface area contributed by atoms with Gasteiger partial charge < -0.3 is 33.2 Å². The van der Waals surface area contributed by atoms with E-state index in [-0.39, 0.29) is 6.42 Å². The van der Waals surface area contributed by atoms with E-state index in [1.807, 2.05) is 27.7 Å². The molecule has 0 unspecified atom stereocenters. The topological polar surface area (TPSA) is 148 Å². The second-order valence-electron chi connectivity index (χ2n) is 14.3. The van der Waals surface area contributed by atoms with Crippen molar-refractivity contribution in [3.63, 3.8) is 0 Å². The summed E-state index contributed by atoms with van der Waals surface area (Å²) in [7, 11) is 1.31. The number of rotatable bonds is 6.